The minimum atomic E-state index is -3.67. The van der Waals surface area contributed by atoms with Crippen LogP contribution in [0.4, 0.5) is 5.69 Å². The molecule has 296 valence electrons. The number of ketones is 1. The van der Waals surface area contributed by atoms with Gasteiger partial charge in [-0.05, 0) is 113 Å². The van der Waals surface area contributed by atoms with Gasteiger partial charge in [-0.2, -0.15) is 8.42 Å². The summed E-state index contributed by atoms with van der Waals surface area (Å²) in [7, 11) is -3.67. The summed E-state index contributed by atoms with van der Waals surface area (Å²) in [5, 5.41) is 0. The minimum absolute atomic E-state index is 0.204. The number of nitrogens with zero attached hydrogens (tertiary/aromatic N) is 1. The largest absolute Gasteiger partial charge is 0.491 e. The van der Waals surface area contributed by atoms with Gasteiger partial charge in [0, 0.05) is 31.8 Å². The molecule has 0 aromatic heterocycles. The van der Waals surface area contributed by atoms with Gasteiger partial charge in [-0.3, -0.25) is 9.35 Å². The van der Waals surface area contributed by atoms with Crippen molar-refractivity contribution in [1.29, 1.82) is 0 Å². The summed E-state index contributed by atoms with van der Waals surface area (Å²) in [6.45, 7) is 17.2. The summed E-state index contributed by atoms with van der Waals surface area (Å²) in [6, 6.07) is 23.5. The van der Waals surface area contributed by atoms with E-state index in [-0.39, 0.29) is 5.78 Å². The standard InChI is InChI=1S/C46H57NO3.CH4O3S/c1-6-8-26-49-27-28-50-44-22-19-39(20-23-44)41-21-24-45-43(31-41)32-42(14-10-25-47(45)33-34(3)4)46(48)30-36-15-17-37(18-16-36)35(5)29-40-13-9-12-38(40)11-7-2;1-5(2,3)4/h9,12-13,15-24,31-32,34,38H,5-8,10-11,14,25-30,33H2,1-4H3;1H3,(H,2,3,4)/b42-32+;. The van der Waals surface area contributed by atoms with Crippen molar-refractivity contribution in [2.75, 3.05) is 44.1 Å². The number of carbonyl (C=O) groups is 1. The van der Waals surface area contributed by atoms with E-state index in [0.717, 1.165) is 96.5 Å². The van der Waals surface area contributed by atoms with E-state index in [1.165, 1.54) is 24.1 Å². The van der Waals surface area contributed by atoms with Crippen molar-refractivity contribution in [3.05, 3.63) is 119 Å². The molecular formula is C47H61NO6S. The van der Waals surface area contributed by atoms with Crippen LogP contribution in [0.2, 0.25) is 0 Å². The van der Waals surface area contributed by atoms with Crippen LogP contribution in [0.1, 0.15) is 89.3 Å². The topological polar surface area (TPSA) is 93.1 Å². The van der Waals surface area contributed by atoms with E-state index in [1.54, 1.807) is 0 Å². The number of unbranched alkanes of at least 4 members (excludes halogenated alkanes) is 1. The van der Waals surface area contributed by atoms with Crippen LogP contribution in [-0.4, -0.2) is 57.9 Å². The second-order valence-corrected chi connectivity index (χ2v) is 16.5. The lowest BCUT2D eigenvalue weighted by Crippen LogP contribution is -2.30. The van der Waals surface area contributed by atoms with Crippen molar-refractivity contribution in [3.8, 4) is 16.9 Å². The first kappa shape index (κ1) is 43.5. The Hall–Kier alpha value is -4.24. The third kappa shape index (κ3) is 14.7. The van der Waals surface area contributed by atoms with Crippen LogP contribution in [0.5, 0.6) is 5.75 Å². The first-order valence-corrected chi connectivity index (χ1v) is 21.7. The molecule has 8 heteroatoms. The molecule has 0 saturated carbocycles. The van der Waals surface area contributed by atoms with E-state index in [2.05, 4.69) is 118 Å². The zero-order chi connectivity index (χ0) is 39.8. The molecule has 1 aliphatic heterocycles. The Morgan fingerprint density at radius 2 is 1.65 bits per heavy atom. The summed E-state index contributed by atoms with van der Waals surface area (Å²) in [6.07, 6.45) is 17.2. The molecule has 5 rings (SSSR count). The lowest BCUT2D eigenvalue weighted by molar-refractivity contribution is -0.115. The first-order valence-electron chi connectivity index (χ1n) is 19.8. The van der Waals surface area contributed by atoms with Gasteiger partial charge < -0.3 is 14.4 Å². The SMILES string of the molecule is C=C(CC1=CC=CC1CCC)c1ccc(CC(=O)/C2=C/c3cc(-c4ccc(OCCOCCCC)cc4)ccc3N(CC(C)C)CCC2)cc1.CS(=O)(=O)O. The fourth-order valence-corrected chi connectivity index (χ4v) is 6.99. The molecule has 1 unspecified atom stereocenters. The number of ether oxygens (including phenoxy) is 2. The van der Waals surface area contributed by atoms with Crippen LogP contribution < -0.4 is 9.64 Å². The van der Waals surface area contributed by atoms with E-state index in [0.29, 0.717) is 37.7 Å². The maximum absolute atomic E-state index is 13.9. The zero-order valence-corrected chi connectivity index (χ0v) is 34.4. The van der Waals surface area contributed by atoms with Crippen molar-refractivity contribution in [3.63, 3.8) is 0 Å². The van der Waals surface area contributed by atoms with Gasteiger partial charge >= 0.3 is 0 Å². The lowest BCUT2D eigenvalue weighted by atomic mass is 9.90. The van der Waals surface area contributed by atoms with Crippen molar-refractivity contribution in [1.82, 2.24) is 0 Å². The number of carbonyl (C=O) groups excluding carboxylic acids is 1. The van der Waals surface area contributed by atoms with E-state index in [1.807, 2.05) is 12.1 Å². The fourth-order valence-electron chi connectivity index (χ4n) is 6.99. The fraction of sp³-hybridized carbons (Fsp3) is 0.426. The van der Waals surface area contributed by atoms with Crippen LogP contribution in [0.15, 0.2) is 103 Å². The summed E-state index contributed by atoms with van der Waals surface area (Å²) in [5.41, 5.74) is 10.3. The highest BCUT2D eigenvalue weighted by Gasteiger charge is 2.20. The molecule has 7 nitrogen and oxygen atoms in total. The Labute approximate surface area is 330 Å². The quantitative estimate of drug-likeness (QED) is 0.102. The summed E-state index contributed by atoms with van der Waals surface area (Å²) in [5.74, 6) is 2.13. The van der Waals surface area contributed by atoms with Gasteiger partial charge in [0.1, 0.15) is 12.4 Å². The van der Waals surface area contributed by atoms with Gasteiger partial charge in [-0.1, -0.05) is 113 Å². The number of anilines is 1. The molecule has 0 bridgehead atoms. The number of fused-ring (bicyclic) bond motifs is 1. The average molecular weight is 768 g/mol. The molecule has 0 amide bonds. The minimum Gasteiger partial charge on any atom is -0.491 e. The van der Waals surface area contributed by atoms with Gasteiger partial charge in [0.15, 0.2) is 5.78 Å². The van der Waals surface area contributed by atoms with Crippen LogP contribution in [-0.2, 0) is 26.1 Å². The number of allylic oxidation sites excluding steroid dienone is 6. The summed E-state index contributed by atoms with van der Waals surface area (Å²) >= 11 is 0. The second-order valence-electron chi connectivity index (χ2n) is 15.1. The molecule has 1 aliphatic carbocycles. The molecule has 1 N–H and O–H groups in total. The Bertz CT molecular complexity index is 1900. The van der Waals surface area contributed by atoms with Crippen LogP contribution in [0.25, 0.3) is 22.8 Å². The molecule has 0 saturated heterocycles. The van der Waals surface area contributed by atoms with Gasteiger partial charge in [0.25, 0.3) is 10.1 Å². The molecule has 2 aliphatic rings. The predicted octanol–water partition coefficient (Wildman–Crippen LogP) is 10.8. The Morgan fingerprint density at radius 1 is 0.945 bits per heavy atom. The molecule has 0 fully saturated rings. The second kappa shape index (κ2) is 21.7. The monoisotopic (exact) mass is 767 g/mol. The average Bonchev–Trinajstić information content (AvgIpc) is 3.57. The number of benzene rings is 3. The van der Waals surface area contributed by atoms with Gasteiger partial charge in [0.2, 0.25) is 0 Å². The Balaban J connectivity index is 0.00000126. The van der Waals surface area contributed by atoms with Gasteiger partial charge in [-0.25, -0.2) is 0 Å². The number of hydrogen-bond acceptors (Lipinski definition) is 6. The molecule has 3 aromatic carbocycles. The van der Waals surface area contributed by atoms with Crippen LogP contribution in [0.3, 0.4) is 0 Å². The van der Waals surface area contributed by atoms with E-state index >= 15 is 0 Å². The number of hydrogen-bond donors (Lipinski definition) is 1. The maximum Gasteiger partial charge on any atom is 0.261 e. The third-order valence-electron chi connectivity index (χ3n) is 9.72. The normalized spacial score (nSPS) is 16.3. The lowest BCUT2D eigenvalue weighted by Gasteiger charge is -2.30. The van der Waals surface area contributed by atoms with Gasteiger partial charge in [0.05, 0.1) is 12.9 Å². The molecule has 1 heterocycles. The summed E-state index contributed by atoms with van der Waals surface area (Å²) in [4.78, 5) is 16.4. The van der Waals surface area contributed by atoms with E-state index < -0.39 is 10.1 Å². The molecule has 0 spiro atoms. The smallest absolute Gasteiger partial charge is 0.261 e. The predicted molar refractivity (Wildman–Crippen MR) is 229 cm³/mol. The third-order valence-corrected chi connectivity index (χ3v) is 9.72. The molecule has 3 aromatic rings. The molecule has 0 radical (unpaired) electrons. The highest BCUT2D eigenvalue weighted by atomic mass is 32.2. The van der Waals surface area contributed by atoms with Crippen molar-refractivity contribution in [2.24, 2.45) is 11.8 Å². The zero-order valence-electron chi connectivity index (χ0n) is 33.6. The first-order chi connectivity index (χ1) is 26.3. The Kier molecular flexibility index (Phi) is 17.2. The highest BCUT2D eigenvalue weighted by molar-refractivity contribution is 7.85. The van der Waals surface area contributed by atoms with Crippen molar-refractivity contribution >= 4 is 33.2 Å². The van der Waals surface area contributed by atoms with Crippen molar-refractivity contribution in [2.45, 2.75) is 79.1 Å². The van der Waals surface area contributed by atoms with Gasteiger partial charge in [-0.15, -0.1) is 0 Å². The molecular weight excluding hydrogens is 707 g/mol. The van der Waals surface area contributed by atoms with Crippen LogP contribution in [0, 0.1) is 11.8 Å². The van der Waals surface area contributed by atoms with Crippen LogP contribution >= 0.6 is 0 Å². The number of Topliss-reactive ketones (excluding diaryl/α,β-unsaturated/α-hetero) is 1. The highest BCUT2D eigenvalue weighted by Crippen LogP contribution is 2.34. The Morgan fingerprint density at radius 3 is 2.33 bits per heavy atom. The molecule has 1 atom stereocenters. The number of rotatable bonds is 18. The summed E-state index contributed by atoms with van der Waals surface area (Å²) < 4.78 is 37.4. The van der Waals surface area contributed by atoms with E-state index in [9.17, 15) is 13.2 Å². The maximum atomic E-state index is 13.9. The molecule has 55 heavy (non-hydrogen) atoms. The van der Waals surface area contributed by atoms with E-state index in [4.69, 9.17) is 14.0 Å². The van der Waals surface area contributed by atoms with Crippen molar-refractivity contribution < 1.29 is 27.2 Å².